The summed E-state index contributed by atoms with van der Waals surface area (Å²) in [6.07, 6.45) is 7.40. The lowest BCUT2D eigenvalue weighted by Crippen LogP contribution is -2.37. The molecule has 0 aromatic heterocycles. The van der Waals surface area contributed by atoms with Crippen LogP contribution in [0.25, 0.3) is 0 Å². The predicted octanol–water partition coefficient (Wildman–Crippen LogP) is 2.91. The molecule has 0 aromatic rings. The van der Waals surface area contributed by atoms with Gasteiger partial charge in [-0.2, -0.15) is 0 Å². The van der Waals surface area contributed by atoms with Gasteiger partial charge in [-0.05, 0) is 56.5 Å². The van der Waals surface area contributed by atoms with Crippen molar-refractivity contribution < 1.29 is 0 Å². The standard InChI is InChI=1S/C12H23N/c1-11(2)4-9-13-8-3-5-12(10-13)6-7-12/h11H,3-10H2,1-2H3. The van der Waals surface area contributed by atoms with Crippen LogP contribution in [0.2, 0.25) is 0 Å². The van der Waals surface area contributed by atoms with E-state index in [1.807, 2.05) is 0 Å². The smallest absolute Gasteiger partial charge is 0.00380 e. The molecule has 0 atom stereocenters. The highest BCUT2D eigenvalue weighted by Crippen LogP contribution is 2.51. The first-order valence-corrected chi connectivity index (χ1v) is 5.93. The topological polar surface area (TPSA) is 3.24 Å². The van der Waals surface area contributed by atoms with Gasteiger partial charge in [0.2, 0.25) is 0 Å². The van der Waals surface area contributed by atoms with Gasteiger partial charge in [-0.3, -0.25) is 0 Å². The van der Waals surface area contributed by atoms with Crippen molar-refractivity contribution in [3.05, 3.63) is 0 Å². The van der Waals surface area contributed by atoms with Gasteiger partial charge in [0.15, 0.2) is 0 Å². The molecule has 1 aliphatic carbocycles. The van der Waals surface area contributed by atoms with Gasteiger partial charge in [0, 0.05) is 6.54 Å². The van der Waals surface area contributed by atoms with Gasteiger partial charge in [0.05, 0.1) is 0 Å². The first-order chi connectivity index (χ1) is 6.20. The van der Waals surface area contributed by atoms with Crippen LogP contribution in [0.4, 0.5) is 0 Å². The molecule has 1 heteroatoms. The molecular weight excluding hydrogens is 158 g/mol. The van der Waals surface area contributed by atoms with Crippen LogP contribution in [-0.4, -0.2) is 24.5 Å². The van der Waals surface area contributed by atoms with Crippen LogP contribution in [0.15, 0.2) is 0 Å². The minimum absolute atomic E-state index is 0.815. The molecule has 1 nitrogen and oxygen atoms in total. The van der Waals surface area contributed by atoms with E-state index < -0.39 is 0 Å². The Morgan fingerprint density at radius 3 is 2.62 bits per heavy atom. The summed E-state index contributed by atoms with van der Waals surface area (Å²) in [5, 5.41) is 0. The van der Waals surface area contributed by atoms with Crippen molar-refractivity contribution in [3.63, 3.8) is 0 Å². The number of hydrogen-bond donors (Lipinski definition) is 0. The fourth-order valence-electron chi connectivity index (χ4n) is 2.53. The van der Waals surface area contributed by atoms with E-state index in [1.54, 1.807) is 0 Å². The minimum atomic E-state index is 0.815. The Morgan fingerprint density at radius 2 is 2.00 bits per heavy atom. The van der Waals surface area contributed by atoms with E-state index in [9.17, 15) is 0 Å². The Kier molecular flexibility index (Phi) is 2.64. The van der Waals surface area contributed by atoms with E-state index >= 15 is 0 Å². The average Bonchev–Trinajstić information content (AvgIpc) is 2.82. The third kappa shape index (κ3) is 2.46. The van der Waals surface area contributed by atoms with Crippen LogP contribution in [-0.2, 0) is 0 Å². The van der Waals surface area contributed by atoms with Gasteiger partial charge < -0.3 is 4.90 Å². The first kappa shape index (κ1) is 9.51. The quantitative estimate of drug-likeness (QED) is 0.647. The molecule has 0 N–H and O–H groups in total. The molecule has 0 amide bonds. The van der Waals surface area contributed by atoms with E-state index in [2.05, 4.69) is 18.7 Å². The third-order valence-electron chi connectivity index (χ3n) is 3.72. The van der Waals surface area contributed by atoms with E-state index in [1.165, 1.54) is 51.7 Å². The molecular formula is C12H23N. The van der Waals surface area contributed by atoms with E-state index in [0.29, 0.717) is 0 Å². The Balaban J connectivity index is 1.73. The Bertz CT molecular complexity index is 170. The second kappa shape index (κ2) is 3.61. The van der Waals surface area contributed by atoms with E-state index in [4.69, 9.17) is 0 Å². The van der Waals surface area contributed by atoms with Gasteiger partial charge in [-0.25, -0.2) is 0 Å². The second-order valence-corrected chi connectivity index (χ2v) is 5.56. The van der Waals surface area contributed by atoms with E-state index in [0.717, 1.165) is 11.3 Å². The fourth-order valence-corrected chi connectivity index (χ4v) is 2.53. The molecule has 0 unspecified atom stereocenters. The molecule has 2 rings (SSSR count). The number of nitrogens with zero attached hydrogens (tertiary/aromatic N) is 1. The second-order valence-electron chi connectivity index (χ2n) is 5.56. The number of rotatable bonds is 3. The number of hydrogen-bond acceptors (Lipinski definition) is 1. The van der Waals surface area contributed by atoms with Crippen LogP contribution >= 0.6 is 0 Å². The summed E-state index contributed by atoms with van der Waals surface area (Å²) >= 11 is 0. The summed E-state index contributed by atoms with van der Waals surface area (Å²) in [6.45, 7) is 8.79. The SMILES string of the molecule is CC(C)CCN1CCCC2(CC2)C1. The predicted molar refractivity (Wildman–Crippen MR) is 56.8 cm³/mol. The maximum atomic E-state index is 2.70. The lowest BCUT2D eigenvalue weighted by Gasteiger charge is -2.33. The maximum Gasteiger partial charge on any atom is 0.00380 e. The van der Waals surface area contributed by atoms with Crippen molar-refractivity contribution in [2.45, 2.75) is 46.0 Å². The van der Waals surface area contributed by atoms with Crippen molar-refractivity contribution in [1.82, 2.24) is 4.90 Å². The molecule has 0 bridgehead atoms. The van der Waals surface area contributed by atoms with Crippen LogP contribution in [0.1, 0.15) is 46.0 Å². The lowest BCUT2D eigenvalue weighted by atomic mass is 9.94. The van der Waals surface area contributed by atoms with Crippen molar-refractivity contribution in [2.75, 3.05) is 19.6 Å². The lowest BCUT2D eigenvalue weighted by molar-refractivity contribution is 0.154. The number of piperidine rings is 1. The molecule has 1 heterocycles. The molecule has 0 radical (unpaired) electrons. The molecule has 1 saturated heterocycles. The maximum absolute atomic E-state index is 2.70. The monoisotopic (exact) mass is 181 g/mol. The van der Waals surface area contributed by atoms with Gasteiger partial charge in [0.25, 0.3) is 0 Å². The largest absolute Gasteiger partial charge is 0.303 e. The highest BCUT2D eigenvalue weighted by molar-refractivity contribution is 4.97. The third-order valence-corrected chi connectivity index (χ3v) is 3.72. The molecule has 76 valence electrons. The van der Waals surface area contributed by atoms with Crippen LogP contribution < -0.4 is 0 Å². The normalized spacial score (nSPS) is 27.0. The molecule has 2 aliphatic rings. The zero-order valence-corrected chi connectivity index (χ0v) is 9.18. The molecule has 13 heavy (non-hydrogen) atoms. The van der Waals surface area contributed by atoms with Crippen molar-refractivity contribution in [1.29, 1.82) is 0 Å². The van der Waals surface area contributed by atoms with Crippen molar-refractivity contribution in [2.24, 2.45) is 11.3 Å². The fraction of sp³-hybridized carbons (Fsp3) is 1.00. The van der Waals surface area contributed by atoms with Crippen LogP contribution in [0.3, 0.4) is 0 Å². The molecule has 0 aromatic carbocycles. The summed E-state index contributed by atoms with van der Waals surface area (Å²) in [7, 11) is 0. The van der Waals surface area contributed by atoms with Gasteiger partial charge >= 0.3 is 0 Å². The summed E-state index contributed by atoms with van der Waals surface area (Å²) in [4.78, 5) is 2.70. The highest BCUT2D eigenvalue weighted by atomic mass is 15.1. The van der Waals surface area contributed by atoms with Gasteiger partial charge in [-0.15, -0.1) is 0 Å². The zero-order chi connectivity index (χ0) is 9.31. The zero-order valence-electron chi connectivity index (χ0n) is 9.18. The first-order valence-electron chi connectivity index (χ1n) is 5.93. The van der Waals surface area contributed by atoms with Crippen molar-refractivity contribution >= 4 is 0 Å². The Labute approximate surface area is 82.5 Å². The van der Waals surface area contributed by atoms with Crippen molar-refractivity contribution in [3.8, 4) is 0 Å². The molecule has 1 saturated carbocycles. The van der Waals surface area contributed by atoms with Gasteiger partial charge in [0.1, 0.15) is 0 Å². The Hall–Kier alpha value is -0.0400. The molecule has 1 aliphatic heterocycles. The molecule has 1 spiro atoms. The van der Waals surface area contributed by atoms with Gasteiger partial charge in [-0.1, -0.05) is 13.8 Å². The average molecular weight is 181 g/mol. The summed E-state index contributed by atoms with van der Waals surface area (Å²) < 4.78 is 0. The summed E-state index contributed by atoms with van der Waals surface area (Å²) in [6, 6.07) is 0. The summed E-state index contributed by atoms with van der Waals surface area (Å²) in [5.41, 5.74) is 0.815. The van der Waals surface area contributed by atoms with Crippen LogP contribution in [0, 0.1) is 11.3 Å². The highest BCUT2D eigenvalue weighted by Gasteiger charge is 2.44. The van der Waals surface area contributed by atoms with E-state index in [-0.39, 0.29) is 0 Å². The number of likely N-dealkylation sites (tertiary alicyclic amines) is 1. The molecule has 2 fully saturated rings. The summed E-state index contributed by atoms with van der Waals surface area (Å²) in [5.74, 6) is 0.872. The minimum Gasteiger partial charge on any atom is -0.303 e. The Morgan fingerprint density at radius 1 is 1.23 bits per heavy atom. The van der Waals surface area contributed by atoms with Crippen LogP contribution in [0.5, 0.6) is 0 Å².